The average Bonchev–Trinajstić information content (AvgIpc) is 2.01. The molecule has 4 nitrogen and oxygen atoms in total. The molecule has 2 N–H and O–H groups in total. The van der Waals surface area contributed by atoms with Gasteiger partial charge in [0.2, 0.25) is 5.91 Å². The van der Waals surface area contributed by atoms with Crippen LogP contribution in [-0.2, 0) is 4.79 Å². The Morgan fingerprint density at radius 1 is 1.29 bits per heavy atom. The first-order valence-electron chi connectivity index (χ1n) is 5.12. The SMILES string of the molecule is CC(C)NC(=O)C(C)NCCN(C)C. The third-order valence-corrected chi connectivity index (χ3v) is 1.83. The van der Waals surface area contributed by atoms with E-state index in [1.165, 1.54) is 0 Å². The molecule has 0 heterocycles. The number of carbonyl (C=O) groups is 1. The highest BCUT2D eigenvalue weighted by Crippen LogP contribution is 1.85. The molecule has 0 saturated heterocycles. The maximum Gasteiger partial charge on any atom is 0.237 e. The number of nitrogens with one attached hydrogen (secondary N) is 2. The summed E-state index contributed by atoms with van der Waals surface area (Å²) in [5.41, 5.74) is 0. The molecule has 0 spiro atoms. The second-order valence-electron chi connectivity index (χ2n) is 4.14. The van der Waals surface area contributed by atoms with E-state index in [9.17, 15) is 4.79 Å². The van der Waals surface area contributed by atoms with Crippen molar-refractivity contribution in [3.05, 3.63) is 0 Å². The van der Waals surface area contributed by atoms with Gasteiger partial charge in [0, 0.05) is 19.1 Å². The summed E-state index contributed by atoms with van der Waals surface area (Å²) in [4.78, 5) is 13.5. The summed E-state index contributed by atoms with van der Waals surface area (Å²) in [7, 11) is 4.03. The smallest absolute Gasteiger partial charge is 0.237 e. The van der Waals surface area contributed by atoms with Crippen molar-refractivity contribution in [2.24, 2.45) is 0 Å². The summed E-state index contributed by atoms with van der Waals surface area (Å²) in [5.74, 6) is 0.0683. The fourth-order valence-electron chi connectivity index (χ4n) is 1.01. The van der Waals surface area contributed by atoms with Crippen LogP contribution in [0.15, 0.2) is 0 Å². The Kier molecular flexibility index (Phi) is 6.49. The molecule has 0 aliphatic heterocycles. The quantitative estimate of drug-likeness (QED) is 0.638. The standard InChI is InChI=1S/C10H23N3O/c1-8(2)12-10(14)9(3)11-6-7-13(4)5/h8-9,11H,6-7H2,1-5H3,(H,12,14). The number of hydrogen-bond acceptors (Lipinski definition) is 3. The summed E-state index contributed by atoms with van der Waals surface area (Å²) < 4.78 is 0. The Hall–Kier alpha value is -0.610. The molecule has 0 aromatic rings. The highest BCUT2D eigenvalue weighted by molar-refractivity contribution is 5.81. The number of likely N-dealkylation sites (N-methyl/N-ethyl adjacent to an activating group) is 1. The van der Waals surface area contributed by atoms with Gasteiger partial charge in [-0.15, -0.1) is 0 Å². The Morgan fingerprint density at radius 3 is 2.29 bits per heavy atom. The molecule has 0 aliphatic rings. The zero-order valence-electron chi connectivity index (χ0n) is 9.92. The lowest BCUT2D eigenvalue weighted by molar-refractivity contribution is -0.123. The van der Waals surface area contributed by atoms with E-state index in [0.717, 1.165) is 13.1 Å². The van der Waals surface area contributed by atoms with Crippen molar-refractivity contribution in [2.45, 2.75) is 32.9 Å². The monoisotopic (exact) mass is 201 g/mol. The van der Waals surface area contributed by atoms with Crippen LogP contribution in [0.1, 0.15) is 20.8 Å². The molecule has 0 radical (unpaired) electrons. The minimum absolute atomic E-state index is 0.0683. The highest BCUT2D eigenvalue weighted by atomic mass is 16.2. The molecule has 0 aliphatic carbocycles. The number of amides is 1. The van der Waals surface area contributed by atoms with E-state index in [-0.39, 0.29) is 18.0 Å². The fourth-order valence-corrected chi connectivity index (χ4v) is 1.01. The lowest BCUT2D eigenvalue weighted by Gasteiger charge is -2.17. The van der Waals surface area contributed by atoms with Crippen LogP contribution >= 0.6 is 0 Å². The van der Waals surface area contributed by atoms with Crippen molar-refractivity contribution < 1.29 is 4.79 Å². The topological polar surface area (TPSA) is 44.4 Å². The predicted octanol–water partition coefficient (Wildman–Crippen LogP) is 0.0507. The first-order chi connectivity index (χ1) is 6.43. The van der Waals surface area contributed by atoms with Gasteiger partial charge in [-0.3, -0.25) is 4.79 Å². The van der Waals surface area contributed by atoms with E-state index in [1.807, 2.05) is 34.9 Å². The molecule has 0 saturated carbocycles. The van der Waals surface area contributed by atoms with Crippen molar-refractivity contribution in [1.82, 2.24) is 15.5 Å². The highest BCUT2D eigenvalue weighted by Gasteiger charge is 2.11. The third-order valence-electron chi connectivity index (χ3n) is 1.83. The summed E-state index contributed by atoms with van der Waals surface area (Å²) in [6.45, 7) is 7.58. The van der Waals surface area contributed by atoms with Gasteiger partial charge in [0.25, 0.3) is 0 Å². The van der Waals surface area contributed by atoms with Gasteiger partial charge in [-0.25, -0.2) is 0 Å². The molecule has 14 heavy (non-hydrogen) atoms. The van der Waals surface area contributed by atoms with Crippen LogP contribution in [0.25, 0.3) is 0 Å². The Labute approximate surface area is 87.0 Å². The van der Waals surface area contributed by atoms with E-state index >= 15 is 0 Å². The number of nitrogens with zero attached hydrogens (tertiary/aromatic N) is 1. The van der Waals surface area contributed by atoms with Crippen LogP contribution in [-0.4, -0.2) is 50.1 Å². The van der Waals surface area contributed by atoms with Gasteiger partial charge < -0.3 is 15.5 Å². The van der Waals surface area contributed by atoms with Gasteiger partial charge in [-0.2, -0.15) is 0 Å². The van der Waals surface area contributed by atoms with Gasteiger partial charge in [0.1, 0.15) is 0 Å². The zero-order chi connectivity index (χ0) is 11.1. The fraction of sp³-hybridized carbons (Fsp3) is 0.900. The van der Waals surface area contributed by atoms with Crippen LogP contribution in [0.3, 0.4) is 0 Å². The number of hydrogen-bond donors (Lipinski definition) is 2. The van der Waals surface area contributed by atoms with Crippen LogP contribution < -0.4 is 10.6 Å². The van der Waals surface area contributed by atoms with E-state index < -0.39 is 0 Å². The predicted molar refractivity (Wildman–Crippen MR) is 59.3 cm³/mol. The van der Waals surface area contributed by atoms with Gasteiger partial charge in [0.15, 0.2) is 0 Å². The second kappa shape index (κ2) is 6.79. The summed E-state index contributed by atoms with van der Waals surface area (Å²) >= 11 is 0. The summed E-state index contributed by atoms with van der Waals surface area (Å²) in [6, 6.07) is 0.0953. The van der Waals surface area contributed by atoms with Crippen LogP contribution in [0, 0.1) is 0 Å². The van der Waals surface area contributed by atoms with Crippen molar-refractivity contribution >= 4 is 5.91 Å². The van der Waals surface area contributed by atoms with E-state index in [4.69, 9.17) is 0 Å². The lowest BCUT2D eigenvalue weighted by atomic mass is 10.3. The maximum atomic E-state index is 11.4. The van der Waals surface area contributed by atoms with Crippen molar-refractivity contribution in [1.29, 1.82) is 0 Å². The molecule has 84 valence electrons. The average molecular weight is 201 g/mol. The van der Waals surface area contributed by atoms with Crippen molar-refractivity contribution in [2.75, 3.05) is 27.2 Å². The van der Waals surface area contributed by atoms with E-state index in [2.05, 4.69) is 15.5 Å². The van der Waals surface area contributed by atoms with Gasteiger partial charge in [-0.1, -0.05) is 0 Å². The van der Waals surface area contributed by atoms with Crippen LogP contribution in [0.2, 0.25) is 0 Å². The molecule has 0 fully saturated rings. The molecule has 0 bridgehead atoms. The van der Waals surface area contributed by atoms with Gasteiger partial charge in [0.05, 0.1) is 6.04 Å². The summed E-state index contributed by atoms with van der Waals surface area (Å²) in [5, 5.41) is 6.03. The molecule has 1 amide bonds. The molecular weight excluding hydrogens is 178 g/mol. The lowest BCUT2D eigenvalue weighted by Crippen LogP contribution is -2.46. The van der Waals surface area contributed by atoms with Crippen molar-refractivity contribution in [3.8, 4) is 0 Å². The normalized spacial score (nSPS) is 13.4. The third kappa shape index (κ3) is 6.86. The Morgan fingerprint density at radius 2 is 1.86 bits per heavy atom. The van der Waals surface area contributed by atoms with E-state index in [0.29, 0.717) is 0 Å². The summed E-state index contributed by atoms with van der Waals surface area (Å²) in [6.07, 6.45) is 0. The van der Waals surface area contributed by atoms with Crippen LogP contribution in [0.5, 0.6) is 0 Å². The number of rotatable bonds is 6. The number of carbonyl (C=O) groups excluding carboxylic acids is 1. The van der Waals surface area contributed by atoms with E-state index in [1.54, 1.807) is 0 Å². The molecule has 1 atom stereocenters. The largest absolute Gasteiger partial charge is 0.353 e. The van der Waals surface area contributed by atoms with Crippen LogP contribution in [0.4, 0.5) is 0 Å². The van der Waals surface area contributed by atoms with Gasteiger partial charge >= 0.3 is 0 Å². The molecule has 1 unspecified atom stereocenters. The maximum absolute atomic E-state index is 11.4. The Balaban J connectivity index is 3.62. The first-order valence-corrected chi connectivity index (χ1v) is 5.12. The van der Waals surface area contributed by atoms with Gasteiger partial charge in [-0.05, 0) is 34.9 Å². The molecule has 0 aromatic carbocycles. The molecular formula is C10H23N3O. The second-order valence-corrected chi connectivity index (χ2v) is 4.14. The minimum atomic E-state index is -0.114. The van der Waals surface area contributed by atoms with Crippen molar-refractivity contribution in [3.63, 3.8) is 0 Å². The Bertz CT molecular complexity index is 169. The minimum Gasteiger partial charge on any atom is -0.353 e. The first kappa shape index (κ1) is 13.4. The molecule has 4 heteroatoms. The molecule has 0 aromatic heterocycles. The molecule has 0 rings (SSSR count). The zero-order valence-corrected chi connectivity index (χ0v) is 9.92.